The molecule has 0 aromatic carbocycles. The van der Waals surface area contributed by atoms with Crippen molar-refractivity contribution in [2.75, 3.05) is 20.2 Å². The molecule has 0 spiro atoms. The van der Waals surface area contributed by atoms with Crippen molar-refractivity contribution in [2.24, 2.45) is 0 Å². The van der Waals surface area contributed by atoms with Crippen LogP contribution in [0.1, 0.15) is 33.6 Å². The van der Waals surface area contributed by atoms with E-state index in [4.69, 9.17) is 4.74 Å². The molecule has 1 aliphatic rings. The van der Waals surface area contributed by atoms with Crippen molar-refractivity contribution >= 4 is 5.91 Å². The van der Waals surface area contributed by atoms with Crippen LogP contribution in [-0.2, 0) is 9.53 Å². The highest BCUT2D eigenvalue weighted by molar-refractivity contribution is 5.80. The molecule has 1 heterocycles. The number of nitrogens with zero attached hydrogens (tertiary/aromatic N) is 1. The smallest absolute Gasteiger partial charge is 0.237 e. The van der Waals surface area contributed by atoms with Crippen LogP contribution in [-0.4, -0.2) is 42.8 Å². The quantitative estimate of drug-likeness (QED) is 0.741. The van der Waals surface area contributed by atoms with E-state index in [1.54, 1.807) is 7.11 Å². The van der Waals surface area contributed by atoms with E-state index < -0.39 is 0 Å². The van der Waals surface area contributed by atoms with Crippen molar-refractivity contribution in [2.45, 2.75) is 45.4 Å². The summed E-state index contributed by atoms with van der Waals surface area (Å²) in [5, 5.41) is 3.22. The predicted molar refractivity (Wildman–Crippen MR) is 59.5 cm³/mol. The monoisotopic (exact) mass is 214 g/mol. The van der Waals surface area contributed by atoms with E-state index in [1.165, 1.54) is 0 Å². The zero-order chi connectivity index (χ0) is 11.5. The van der Waals surface area contributed by atoms with Crippen LogP contribution in [0.3, 0.4) is 0 Å². The molecule has 0 saturated carbocycles. The SMILES string of the molecule is CCCC1NCC(=O)N1CC(C)(C)OC. The third-order valence-corrected chi connectivity index (χ3v) is 2.85. The Balaban J connectivity index is 2.60. The number of carbonyl (C=O) groups is 1. The van der Waals surface area contributed by atoms with Gasteiger partial charge in [0.2, 0.25) is 5.91 Å². The van der Waals surface area contributed by atoms with E-state index in [-0.39, 0.29) is 17.7 Å². The summed E-state index contributed by atoms with van der Waals surface area (Å²) in [6.45, 7) is 7.25. The van der Waals surface area contributed by atoms with Gasteiger partial charge in [0, 0.05) is 7.11 Å². The molecule has 0 aromatic rings. The molecule has 1 rings (SSSR count). The molecule has 1 amide bonds. The molecule has 1 atom stereocenters. The van der Waals surface area contributed by atoms with E-state index >= 15 is 0 Å². The highest BCUT2D eigenvalue weighted by Crippen LogP contribution is 2.17. The Morgan fingerprint density at radius 3 is 2.80 bits per heavy atom. The van der Waals surface area contributed by atoms with Gasteiger partial charge in [-0.3, -0.25) is 10.1 Å². The molecule has 88 valence electrons. The lowest BCUT2D eigenvalue weighted by Gasteiger charge is -2.32. The van der Waals surface area contributed by atoms with Crippen LogP contribution < -0.4 is 5.32 Å². The van der Waals surface area contributed by atoms with Gasteiger partial charge in [-0.2, -0.15) is 0 Å². The molecule has 0 bridgehead atoms. The second-order valence-corrected chi connectivity index (χ2v) is 4.67. The standard InChI is InChI=1S/C11H22N2O2/c1-5-6-9-12-7-10(14)13(9)8-11(2,3)15-4/h9,12H,5-8H2,1-4H3. The first-order chi connectivity index (χ1) is 7.00. The molecule has 1 fully saturated rings. The van der Waals surface area contributed by atoms with Crippen molar-refractivity contribution in [1.29, 1.82) is 0 Å². The van der Waals surface area contributed by atoms with Gasteiger partial charge in [0.25, 0.3) is 0 Å². The van der Waals surface area contributed by atoms with Crippen LogP contribution in [0.25, 0.3) is 0 Å². The number of methoxy groups -OCH3 is 1. The molecule has 1 saturated heterocycles. The van der Waals surface area contributed by atoms with Crippen molar-refractivity contribution in [3.63, 3.8) is 0 Å². The number of rotatable bonds is 5. The largest absolute Gasteiger partial charge is 0.377 e. The van der Waals surface area contributed by atoms with Crippen LogP contribution in [0.5, 0.6) is 0 Å². The summed E-state index contributed by atoms with van der Waals surface area (Å²) in [4.78, 5) is 13.6. The van der Waals surface area contributed by atoms with E-state index in [1.807, 2.05) is 18.7 Å². The highest BCUT2D eigenvalue weighted by Gasteiger charge is 2.33. The fraction of sp³-hybridized carbons (Fsp3) is 0.909. The summed E-state index contributed by atoms with van der Waals surface area (Å²) in [7, 11) is 1.68. The summed E-state index contributed by atoms with van der Waals surface area (Å²) in [5.41, 5.74) is -0.270. The summed E-state index contributed by atoms with van der Waals surface area (Å²) in [6.07, 6.45) is 2.28. The Morgan fingerprint density at radius 2 is 2.27 bits per heavy atom. The Kier molecular flexibility index (Phi) is 4.11. The molecule has 1 unspecified atom stereocenters. The second kappa shape index (κ2) is 4.94. The van der Waals surface area contributed by atoms with Gasteiger partial charge >= 0.3 is 0 Å². The third kappa shape index (κ3) is 3.18. The average molecular weight is 214 g/mol. The number of amides is 1. The number of hydrogen-bond acceptors (Lipinski definition) is 3. The average Bonchev–Trinajstić information content (AvgIpc) is 2.50. The van der Waals surface area contributed by atoms with Crippen molar-refractivity contribution in [1.82, 2.24) is 10.2 Å². The Morgan fingerprint density at radius 1 is 1.60 bits per heavy atom. The maximum Gasteiger partial charge on any atom is 0.237 e. The van der Waals surface area contributed by atoms with E-state index in [0.717, 1.165) is 12.8 Å². The summed E-state index contributed by atoms with van der Waals surface area (Å²) >= 11 is 0. The molecule has 0 aliphatic carbocycles. The molecule has 1 N–H and O–H groups in total. The normalized spacial score (nSPS) is 22.5. The van der Waals surface area contributed by atoms with Crippen LogP contribution in [0.2, 0.25) is 0 Å². The lowest BCUT2D eigenvalue weighted by molar-refractivity contribution is -0.131. The fourth-order valence-corrected chi connectivity index (χ4v) is 1.80. The molecule has 4 heteroatoms. The minimum Gasteiger partial charge on any atom is -0.377 e. The van der Waals surface area contributed by atoms with Crippen LogP contribution >= 0.6 is 0 Å². The second-order valence-electron chi connectivity index (χ2n) is 4.67. The molecule has 4 nitrogen and oxygen atoms in total. The number of carbonyl (C=O) groups excluding carboxylic acids is 1. The van der Waals surface area contributed by atoms with Gasteiger partial charge in [0.05, 0.1) is 24.9 Å². The van der Waals surface area contributed by atoms with E-state index in [9.17, 15) is 4.79 Å². The zero-order valence-corrected chi connectivity index (χ0v) is 10.2. The zero-order valence-electron chi connectivity index (χ0n) is 10.2. The number of nitrogens with one attached hydrogen (secondary N) is 1. The van der Waals surface area contributed by atoms with Gasteiger partial charge in [-0.05, 0) is 20.3 Å². The van der Waals surface area contributed by atoms with Gasteiger partial charge < -0.3 is 9.64 Å². The van der Waals surface area contributed by atoms with Gasteiger partial charge in [-0.15, -0.1) is 0 Å². The van der Waals surface area contributed by atoms with Crippen LogP contribution in [0.4, 0.5) is 0 Å². The third-order valence-electron chi connectivity index (χ3n) is 2.85. The van der Waals surface area contributed by atoms with E-state index in [0.29, 0.717) is 13.1 Å². The Bertz CT molecular complexity index is 229. The summed E-state index contributed by atoms with van der Waals surface area (Å²) < 4.78 is 5.35. The molecule has 1 aliphatic heterocycles. The molecular weight excluding hydrogens is 192 g/mol. The topological polar surface area (TPSA) is 41.6 Å². The van der Waals surface area contributed by atoms with Gasteiger partial charge in [0.1, 0.15) is 0 Å². The van der Waals surface area contributed by atoms with Gasteiger partial charge in [0.15, 0.2) is 0 Å². The van der Waals surface area contributed by atoms with E-state index in [2.05, 4.69) is 12.2 Å². The summed E-state index contributed by atoms with van der Waals surface area (Å²) in [5.74, 6) is 0.179. The first-order valence-corrected chi connectivity index (χ1v) is 5.58. The molecule has 15 heavy (non-hydrogen) atoms. The first-order valence-electron chi connectivity index (χ1n) is 5.58. The maximum absolute atomic E-state index is 11.7. The van der Waals surface area contributed by atoms with Gasteiger partial charge in [-0.1, -0.05) is 13.3 Å². The fourth-order valence-electron chi connectivity index (χ4n) is 1.80. The lowest BCUT2D eigenvalue weighted by Crippen LogP contribution is -2.46. The number of ether oxygens (including phenoxy) is 1. The molecular formula is C11H22N2O2. The molecule has 0 aromatic heterocycles. The van der Waals surface area contributed by atoms with Crippen LogP contribution in [0, 0.1) is 0 Å². The van der Waals surface area contributed by atoms with Gasteiger partial charge in [-0.25, -0.2) is 0 Å². The lowest BCUT2D eigenvalue weighted by atomic mass is 10.1. The summed E-state index contributed by atoms with van der Waals surface area (Å²) in [6, 6.07) is 0. The van der Waals surface area contributed by atoms with Crippen molar-refractivity contribution in [3.05, 3.63) is 0 Å². The van der Waals surface area contributed by atoms with Crippen molar-refractivity contribution < 1.29 is 9.53 Å². The van der Waals surface area contributed by atoms with Crippen LogP contribution in [0.15, 0.2) is 0 Å². The Labute approximate surface area is 92.0 Å². The number of hydrogen-bond donors (Lipinski definition) is 1. The first kappa shape index (κ1) is 12.5. The Hall–Kier alpha value is -0.610. The highest BCUT2D eigenvalue weighted by atomic mass is 16.5. The maximum atomic E-state index is 11.7. The molecule has 0 radical (unpaired) electrons. The minimum absolute atomic E-state index is 0.179. The minimum atomic E-state index is -0.270. The predicted octanol–water partition coefficient (Wildman–Crippen LogP) is 0.969. The van der Waals surface area contributed by atoms with Crippen molar-refractivity contribution in [3.8, 4) is 0 Å².